The van der Waals surface area contributed by atoms with Crippen LogP contribution in [0.3, 0.4) is 0 Å². The second kappa shape index (κ2) is 4.67. The summed E-state index contributed by atoms with van der Waals surface area (Å²) in [6.07, 6.45) is 1.69. The Bertz CT molecular complexity index is 648. The lowest BCUT2D eigenvalue weighted by Gasteiger charge is -1.97. The second-order valence-corrected chi connectivity index (χ2v) is 4.59. The topological polar surface area (TPSA) is 77.8 Å². The van der Waals surface area contributed by atoms with Gasteiger partial charge < -0.3 is 10.3 Å². The van der Waals surface area contributed by atoms with Gasteiger partial charge >= 0.3 is 0 Å². The number of hydrogen-bond donors (Lipinski definition) is 1. The van der Waals surface area contributed by atoms with Crippen LogP contribution in [-0.4, -0.2) is 15.1 Å². The molecule has 5 nitrogen and oxygen atoms in total. The lowest BCUT2D eigenvalue weighted by atomic mass is 10.2. The lowest BCUT2D eigenvalue weighted by molar-refractivity contribution is 0.432. The number of thiophene rings is 1. The molecule has 0 aliphatic carbocycles. The van der Waals surface area contributed by atoms with E-state index in [2.05, 4.69) is 15.1 Å². The van der Waals surface area contributed by atoms with Crippen molar-refractivity contribution in [3.63, 3.8) is 0 Å². The molecule has 3 heterocycles. The summed E-state index contributed by atoms with van der Waals surface area (Å²) in [5.41, 5.74) is 7.18. The molecule has 0 saturated heterocycles. The molecule has 3 aromatic rings. The molecule has 3 rings (SSSR count). The van der Waals surface area contributed by atoms with Crippen molar-refractivity contribution in [1.29, 1.82) is 0 Å². The molecule has 0 bridgehead atoms. The Morgan fingerprint density at radius 2 is 2.28 bits per heavy atom. The molecule has 0 unspecified atom stereocenters. The minimum Gasteiger partial charge on any atom is -0.334 e. The Balaban J connectivity index is 1.97. The molecule has 0 saturated carbocycles. The van der Waals surface area contributed by atoms with E-state index in [1.54, 1.807) is 17.5 Å². The van der Waals surface area contributed by atoms with E-state index in [0.29, 0.717) is 18.3 Å². The minimum atomic E-state index is 0.389. The van der Waals surface area contributed by atoms with E-state index in [1.807, 2.05) is 29.6 Å². The summed E-state index contributed by atoms with van der Waals surface area (Å²) in [7, 11) is 0. The minimum absolute atomic E-state index is 0.389. The highest BCUT2D eigenvalue weighted by molar-refractivity contribution is 7.13. The van der Waals surface area contributed by atoms with Crippen molar-refractivity contribution in [3.05, 3.63) is 41.5 Å². The van der Waals surface area contributed by atoms with Crippen molar-refractivity contribution in [3.8, 4) is 22.2 Å². The van der Waals surface area contributed by atoms with Gasteiger partial charge in [0.15, 0.2) is 0 Å². The van der Waals surface area contributed by atoms with Crippen LogP contribution in [0.5, 0.6) is 0 Å². The molecule has 0 aliphatic heterocycles. The monoisotopic (exact) mass is 258 g/mol. The molecule has 0 aliphatic rings. The Morgan fingerprint density at radius 1 is 1.33 bits per heavy atom. The molecule has 0 amide bonds. The van der Waals surface area contributed by atoms with Crippen LogP contribution in [0.4, 0.5) is 0 Å². The highest BCUT2D eigenvalue weighted by Crippen LogP contribution is 2.25. The summed E-state index contributed by atoms with van der Waals surface area (Å²) < 4.78 is 5.25. The van der Waals surface area contributed by atoms with E-state index in [9.17, 15) is 0 Å². The van der Waals surface area contributed by atoms with Gasteiger partial charge in [0.1, 0.15) is 0 Å². The van der Waals surface area contributed by atoms with Crippen molar-refractivity contribution in [1.82, 2.24) is 15.1 Å². The first-order chi connectivity index (χ1) is 8.86. The van der Waals surface area contributed by atoms with Gasteiger partial charge in [-0.3, -0.25) is 4.98 Å². The third-order valence-corrected chi connectivity index (χ3v) is 3.31. The molecule has 0 spiro atoms. The standard InChI is InChI=1S/C12H10N4OS/c13-7-9-6-8(3-4-14-9)12-15-11(16-17-12)10-2-1-5-18-10/h1-6H,7,13H2. The summed E-state index contributed by atoms with van der Waals surface area (Å²) in [6.45, 7) is 0.389. The first kappa shape index (κ1) is 11.1. The Hall–Kier alpha value is -2.05. The number of nitrogens with two attached hydrogens (primary N) is 1. The van der Waals surface area contributed by atoms with Crippen LogP contribution < -0.4 is 5.73 Å². The summed E-state index contributed by atoms with van der Waals surface area (Å²) in [6, 6.07) is 7.59. The van der Waals surface area contributed by atoms with E-state index >= 15 is 0 Å². The molecule has 0 fully saturated rings. The molecule has 0 radical (unpaired) electrons. The zero-order chi connectivity index (χ0) is 12.4. The van der Waals surface area contributed by atoms with E-state index in [4.69, 9.17) is 10.3 Å². The zero-order valence-corrected chi connectivity index (χ0v) is 10.2. The van der Waals surface area contributed by atoms with Gasteiger partial charge in [0.05, 0.1) is 10.6 Å². The molecular formula is C12H10N4OS. The molecule has 0 atom stereocenters. The summed E-state index contributed by atoms with van der Waals surface area (Å²) in [5, 5.41) is 5.94. The van der Waals surface area contributed by atoms with Gasteiger partial charge in [0, 0.05) is 18.3 Å². The van der Waals surface area contributed by atoms with Gasteiger partial charge in [-0.05, 0) is 23.6 Å². The lowest BCUT2D eigenvalue weighted by Crippen LogP contribution is -1.98. The van der Waals surface area contributed by atoms with E-state index in [0.717, 1.165) is 16.1 Å². The summed E-state index contributed by atoms with van der Waals surface area (Å²) in [4.78, 5) is 9.47. The number of nitrogens with zero attached hydrogens (tertiary/aromatic N) is 3. The van der Waals surface area contributed by atoms with Crippen LogP contribution in [0.25, 0.3) is 22.2 Å². The van der Waals surface area contributed by atoms with Crippen molar-refractivity contribution in [2.75, 3.05) is 0 Å². The second-order valence-electron chi connectivity index (χ2n) is 3.64. The van der Waals surface area contributed by atoms with E-state index in [1.165, 1.54) is 0 Å². The molecule has 2 N–H and O–H groups in total. The number of pyridine rings is 1. The van der Waals surface area contributed by atoms with Crippen LogP contribution in [0.2, 0.25) is 0 Å². The van der Waals surface area contributed by atoms with Crippen LogP contribution in [0.15, 0.2) is 40.4 Å². The van der Waals surface area contributed by atoms with Crippen LogP contribution >= 0.6 is 11.3 Å². The SMILES string of the molecule is NCc1cc(-c2nc(-c3cccs3)no2)ccn1. The van der Waals surface area contributed by atoms with E-state index < -0.39 is 0 Å². The average Bonchev–Trinajstić information content (AvgIpc) is 3.09. The Labute approximate surface area is 107 Å². The Kier molecular flexibility index (Phi) is 2.87. The number of rotatable bonds is 3. The first-order valence-electron chi connectivity index (χ1n) is 5.40. The largest absolute Gasteiger partial charge is 0.334 e. The molecule has 6 heteroatoms. The summed E-state index contributed by atoms with van der Waals surface area (Å²) >= 11 is 1.57. The number of aromatic nitrogens is 3. The normalized spacial score (nSPS) is 10.7. The van der Waals surface area contributed by atoms with Crippen LogP contribution in [0, 0.1) is 0 Å². The Morgan fingerprint density at radius 3 is 3.06 bits per heavy atom. The van der Waals surface area contributed by atoms with Gasteiger partial charge in [-0.1, -0.05) is 11.2 Å². The fourth-order valence-corrected chi connectivity index (χ4v) is 2.22. The van der Waals surface area contributed by atoms with Crippen molar-refractivity contribution in [2.45, 2.75) is 6.54 Å². The predicted octanol–water partition coefficient (Wildman–Crippen LogP) is 2.32. The number of hydrogen-bond acceptors (Lipinski definition) is 6. The van der Waals surface area contributed by atoms with E-state index in [-0.39, 0.29) is 0 Å². The summed E-state index contributed by atoms with van der Waals surface area (Å²) in [5.74, 6) is 1.08. The third kappa shape index (κ3) is 2.03. The van der Waals surface area contributed by atoms with Gasteiger partial charge in [-0.15, -0.1) is 11.3 Å². The van der Waals surface area contributed by atoms with Crippen molar-refractivity contribution in [2.24, 2.45) is 5.73 Å². The molecule has 0 aromatic carbocycles. The zero-order valence-electron chi connectivity index (χ0n) is 9.41. The predicted molar refractivity (Wildman–Crippen MR) is 68.7 cm³/mol. The average molecular weight is 258 g/mol. The maximum absolute atomic E-state index is 5.55. The highest BCUT2D eigenvalue weighted by Gasteiger charge is 2.11. The van der Waals surface area contributed by atoms with Gasteiger partial charge in [-0.2, -0.15) is 4.98 Å². The fraction of sp³-hybridized carbons (Fsp3) is 0.0833. The fourth-order valence-electron chi connectivity index (χ4n) is 1.57. The molecule has 3 aromatic heterocycles. The van der Waals surface area contributed by atoms with Crippen LogP contribution in [-0.2, 0) is 6.54 Å². The first-order valence-corrected chi connectivity index (χ1v) is 6.28. The van der Waals surface area contributed by atoms with Crippen molar-refractivity contribution < 1.29 is 4.52 Å². The maximum Gasteiger partial charge on any atom is 0.258 e. The van der Waals surface area contributed by atoms with Gasteiger partial charge in [0.2, 0.25) is 5.82 Å². The molecule has 90 valence electrons. The molecular weight excluding hydrogens is 248 g/mol. The smallest absolute Gasteiger partial charge is 0.258 e. The quantitative estimate of drug-likeness (QED) is 0.780. The van der Waals surface area contributed by atoms with Crippen molar-refractivity contribution >= 4 is 11.3 Å². The van der Waals surface area contributed by atoms with Gasteiger partial charge in [0.25, 0.3) is 5.89 Å². The van der Waals surface area contributed by atoms with Crippen LogP contribution in [0.1, 0.15) is 5.69 Å². The highest BCUT2D eigenvalue weighted by atomic mass is 32.1. The van der Waals surface area contributed by atoms with Gasteiger partial charge in [-0.25, -0.2) is 0 Å². The molecule has 18 heavy (non-hydrogen) atoms. The third-order valence-electron chi connectivity index (χ3n) is 2.44. The maximum atomic E-state index is 5.55.